The second-order valence-corrected chi connectivity index (χ2v) is 5.89. The lowest BCUT2D eigenvalue weighted by atomic mass is 10.1. The number of fused-ring (bicyclic) bond motifs is 3. The monoisotopic (exact) mass is 237 g/mol. The highest BCUT2D eigenvalue weighted by atomic mass is 32.2. The first-order valence-electron chi connectivity index (χ1n) is 4.29. The third kappa shape index (κ3) is 1.26. The molecule has 0 bridgehead atoms. The lowest BCUT2D eigenvalue weighted by molar-refractivity contribution is 1.28. The molecule has 0 fully saturated rings. The summed E-state index contributed by atoms with van der Waals surface area (Å²) in [4.78, 5) is 6.00. The highest BCUT2D eigenvalue weighted by molar-refractivity contribution is 7.98. The van der Waals surface area contributed by atoms with Crippen molar-refractivity contribution in [1.29, 1.82) is 0 Å². The molecule has 1 aromatic carbocycles. The van der Waals surface area contributed by atoms with Crippen molar-refractivity contribution in [2.45, 2.75) is 10.6 Å². The van der Waals surface area contributed by atoms with Crippen LogP contribution in [0, 0.1) is 3.95 Å². The molecule has 1 aromatic heterocycles. The van der Waals surface area contributed by atoms with Crippen LogP contribution >= 0.6 is 35.3 Å². The highest BCUT2D eigenvalue weighted by Crippen LogP contribution is 2.42. The lowest BCUT2D eigenvalue weighted by Crippen LogP contribution is -1.92. The fourth-order valence-electron chi connectivity index (χ4n) is 1.62. The summed E-state index contributed by atoms with van der Waals surface area (Å²) in [6.45, 7) is 0. The van der Waals surface area contributed by atoms with Crippen LogP contribution in [-0.2, 0) is 5.75 Å². The number of thiazole rings is 1. The van der Waals surface area contributed by atoms with Crippen molar-refractivity contribution in [2.24, 2.45) is 0 Å². The van der Waals surface area contributed by atoms with E-state index in [0.717, 1.165) is 9.71 Å². The smallest absolute Gasteiger partial charge is 0.159 e. The molecule has 14 heavy (non-hydrogen) atoms. The number of benzene rings is 1. The van der Waals surface area contributed by atoms with E-state index in [9.17, 15) is 0 Å². The first kappa shape index (κ1) is 8.71. The van der Waals surface area contributed by atoms with Gasteiger partial charge in [0.05, 0.1) is 5.69 Å². The molecule has 70 valence electrons. The van der Waals surface area contributed by atoms with Gasteiger partial charge >= 0.3 is 0 Å². The second-order valence-electron chi connectivity index (χ2n) is 3.10. The minimum atomic E-state index is 0.882. The Labute approximate surface area is 95.2 Å². The topological polar surface area (TPSA) is 15.8 Å². The zero-order valence-corrected chi connectivity index (χ0v) is 9.69. The van der Waals surface area contributed by atoms with Gasteiger partial charge < -0.3 is 4.98 Å². The first-order chi connectivity index (χ1) is 6.84. The van der Waals surface area contributed by atoms with Crippen molar-refractivity contribution in [3.8, 4) is 11.3 Å². The van der Waals surface area contributed by atoms with E-state index in [1.807, 2.05) is 11.8 Å². The summed E-state index contributed by atoms with van der Waals surface area (Å²) in [6, 6.07) is 8.47. The molecule has 2 heterocycles. The fraction of sp³-hybridized carbons (Fsp3) is 0.100. The van der Waals surface area contributed by atoms with Gasteiger partial charge in [-0.1, -0.05) is 18.2 Å². The Balaban J connectivity index is 2.33. The van der Waals surface area contributed by atoms with Crippen LogP contribution in [0.15, 0.2) is 29.2 Å². The van der Waals surface area contributed by atoms with E-state index in [-0.39, 0.29) is 0 Å². The van der Waals surface area contributed by atoms with Gasteiger partial charge in [-0.25, -0.2) is 0 Å². The van der Waals surface area contributed by atoms with E-state index in [1.54, 1.807) is 11.3 Å². The predicted molar refractivity (Wildman–Crippen MR) is 64.5 cm³/mol. The summed E-state index contributed by atoms with van der Waals surface area (Å²) < 4.78 is 0.882. The largest absolute Gasteiger partial charge is 0.337 e. The first-order valence-corrected chi connectivity index (χ1v) is 6.50. The van der Waals surface area contributed by atoms with Gasteiger partial charge in [-0.15, -0.1) is 23.1 Å². The van der Waals surface area contributed by atoms with Crippen LogP contribution in [0.4, 0.5) is 0 Å². The predicted octanol–water partition coefficient (Wildman–Crippen LogP) is 4.08. The van der Waals surface area contributed by atoms with Gasteiger partial charge in [0.15, 0.2) is 3.95 Å². The molecular formula is C10H7NS3. The Morgan fingerprint density at radius 2 is 2.14 bits per heavy atom. The van der Waals surface area contributed by atoms with Gasteiger partial charge in [-0.3, -0.25) is 0 Å². The summed E-state index contributed by atoms with van der Waals surface area (Å²) in [5.74, 6) is 1.05. The average molecular weight is 237 g/mol. The molecule has 1 aliphatic heterocycles. The van der Waals surface area contributed by atoms with Crippen LogP contribution in [0.1, 0.15) is 4.88 Å². The molecule has 2 aromatic rings. The maximum absolute atomic E-state index is 5.16. The third-order valence-electron chi connectivity index (χ3n) is 2.24. The van der Waals surface area contributed by atoms with Gasteiger partial charge in [0.25, 0.3) is 0 Å². The summed E-state index contributed by atoms with van der Waals surface area (Å²) >= 11 is 8.74. The fourth-order valence-corrected chi connectivity index (χ4v) is 4.01. The van der Waals surface area contributed by atoms with Crippen molar-refractivity contribution in [2.75, 3.05) is 0 Å². The molecule has 1 aliphatic rings. The zero-order valence-electron chi connectivity index (χ0n) is 7.24. The van der Waals surface area contributed by atoms with Gasteiger partial charge in [-0.05, 0) is 18.3 Å². The Morgan fingerprint density at radius 3 is 3.07 bits per heavy atom. The standard InChI is InChI=1S/C10H7NS3/c12-10-11-9-6-3-1-2-4-7(6)13-5-8(9)14-10/h1-4H,5H2,(H,11,12). The van der Waals surface area contributed by atoms with Crippen molar-refractivity contribution in [3.63, 3.8) is 0 Å². The average Bonchev–Trinajstić information content (AvgIpc) is 2.59. The summed E-state index contributed by atoms with van der Waals surface area (Å²) in [5.41, 5.74) is 2.53. The Hall–Kier alpha value is -0.580. The molecule has 0 spiro atoms. The van der Waals surface area contributed by atoms with Gasteiger partial charge in [0, 0.05) is 21.1 Å². The van der Waals surface area contributed by atoms with Gasteiger partial charge in [-0.2, -0.15) is 0 Å². The molecule has 0 amide bonds. The van der Waals surface area contributed by atoms with Crippen molar-refractivity contribution in [3.05, 3.63) is 33.1 Å². The number of thioether (sulfide) groups is 1. The minimum Gasteiger partial charge on any atom is -0.337 e. The van der Waals surface area contributed by atoms with Crippen molar-refractivity contribution >= 4 is 35.3 Å². The molecule has 0 saturated heterocycles. The minimum absolute atomic E-state index is 0.882. The number of H-pyrrole nitrogens is 1. The van der Waals surface area contributed by atoms with E-state index < -0.39 is 0 Å². The number of hydrogen-bond donors (Lipinski definition) is 1. The number of nitrogens with one attached hydrogen (secondary N) is 1. The SMILES string of the molecule is S=c1[nH]c2c(s1)CSc1ccccc1-2. The molecule has 4 heteroatoms. The van der Waals surface area contributed by atoms with E-state index >= 15 is 0 Å². The molecule has 0 saturated carbocycles. The third-order valence-corrected chi connectivity index (χ3v) is 4.75. The molecule has 0 atom stereocenters. The van der Waals surface area contributed by atoms with Crippen LogP contribution in [0.3, 0.4) is 0 Å². The number of aromatic nitrogens is 1. The maximum atomic E-state index is 5.16. The summed E-state index contributed by atoms with van der Waals surface area (Å²) in [7, 11) is 0. The summed E-state index contributed by atoms with van der Waals surface area (Å²) in [5, 5.41) is 0. The van der Waals surface area contributed by atoms with Crippen LogP contribution in [-0.4, -0.2) is 4.98 Å². The zero-order chi connectivity index (χ0) is 9.54. The van der Waals surface area contributed by atoms with Crippen LogP contribution in [0.5, 0.6) is 0 Å². The van der Waals surface area contributed by atoms with E-state index in [0.29, 0.717) is 0 Å². The Kier molecular flexibility index (Phi) is 2.00. The lowest BCUT2D eigenvalue weighted by Gasteiger charge is -2.14. The number of aromatic amines is 1. The molecule has 1 nitrogen and oxygen atoms in total. The van der Waals surface area contributed by atoms with Crippen molar-refractivity contribution in [1.82, 2.24) is 4.98 Å². The van der Waals surface area contributed by atoms with Gasteiger partial charge in [0.2, 0.25) is 0 Å². The van der Waals surface area contributed by atoms with Gasteiger partial charge in [0.1, 0.15) is 0 Å². The molecule has 0 unspecified atom stereocenters. The molecule has 3 rings (SSSR count). The molecule has 0 aliphatic carbocycles. The maximum Gasteiger partial charge on any atom is 0.159 e. The van der Waals surface area contributed by atoms with Crippen LogP contribution < -0.4 is 0 Å². The number of rotatable bonds is 0. The Bertz CT molecular complexity index is 538. The molecular weight excluding hydrogens is 230 g/mol. The van der Waals surface area contributed by atoms with Crippen LogP contribution in [0.25, 0.3) is 11.3 Å². The van der Waals surface area contributed by atoms with Crippen molar-refractivity contribution < 1.29 is 0 Å². The number of hydrogen-bond acceptors (Lipinski definition) is 3. The highest BCUT2D eigenvalue weighted by Gasteiger charge is 2.17. The molecule has 1 N–H and O–H groups in total. The Morgan fingerprint density at radius 1 is 1.29 bits per heavy atom. The summed E-state index contributed by atoms with van der Waals surface area (Å²) in [6.07, 6.45) is 0. The van der Waals surface area contributed by atoms with E-state index in [4.69, 9.17) is 12.2 Å². The van der Waals surface area contributed by atoms with E-state index in [1.165, 1.54) is 21.0 Å². The normalized spacial score (nSPS) is 13.4. The van der Waals surface area contributed by atoms with E-state index in [2.05, 4.69) is 29.2 Å². The quantitative estimate of drug-likeness (QED) is 0.695. The van der Waals surface area contributed by atoms with Crippen LogP contribution in [0.2, 0.25) is 0 Å². The molecule has 0 radical (unpaired) electrons. The second kappa shape index (κ2) is 3.22.